The Morgan fingerprint density at radius 3 is 2.12 bits per heavy atom. The molecule has 1 unspecified atom stereocenters. The van der Waals surface area contributed by atoms with E-state index in [9.17, 15) is 14.9 Å². The predicted octanol–water partition coefficient (Wildman–Crippen LogP) is 5.79. The molecule has 204 valence electrons. The maximum absolute atomic E-state index is 13.5. The monoisotopic (exact) mass is 535 g/mol. The van der Waals surface area contributed by atoms with Crippen molar-refractivity contribution in [2.75, 3.05) is 31.1 Å². The van der Waals surface area contributed by atoms with Gasteiger partial charge in [0.15, 0.2) is 5.82 Å². The average Bonchev–Trinajstić information content (AvgIpc) is 2.99. The Hall–Kier alpha value is -4.59. The lowest BCUT2D eigenvalue weighted by Crippen LogP contribution is -2.50. The first-order valence-electron chi connectivity index (χ1n) is 13.7. The molecule has 8 nitrogen and oxygen atoms in total. The molecule has 1 saturated heterocycles. The fraction of sp³-hybridized carbons (Fsp3) is 0.281. The van der Waals surface area contributed by atoms with Crippen LogP contribution >= 0.6 is 0 Å². The molecule has 0 aliphatic carbocycles. The molecule has 2 heterocycles. The van der Waals surface area contributed by atoms with Gasteiger partial charge in [0.25, 0.3) is 5.69 Å². The van der Waals surface area contributed by atoms with Gasteiger partial charge < -0.3 is 9.80 Å². The zero-order chi connectivity index (χ0) is 28.1. The Kier molecular flexibility index (Phi) is 8.15. The van der Waals surface area contributed by atoms with Crippen LogP contribution in [0.15, 0.2) is 84.9 Å². The van der Waals surface area contributed by atoms with Crippen molar-refractivity contribution in [2.45, 2.75) is 32.6 Å². The minimum Gasteiger partial charge on any atom is -0.353 e. The molecule has 0 N–H and O–H groups in total. The maximum Gasteiger partial charge on any atom is 0.269 e. The number of hydrogen-bond acceptors (Lipinski definition) is 6. The van der Waals surface area contributed by atoms with Crippen LogP contribution in [0.1, 0.15) is 41.6 Å². The van der Waals surface area contributed by atoms with Crippen LogP contribution in [0, 0.1) is 17.0 Å². The number of anilines is 1. The summed E-state index contributed by atoms with van der Waals surface area (Å²) >= 11 is 0. The van der Waals surface area contributed by atoms with Crippen molar-refractivity contribution in [1.82, 2.24) is 14.9 Å². The summed E-state index contributed by atoms with van der Waals surface area (Å²) in [4.78, 5) is 38.3. The minimum absolute atomic E-state index is 0.0676. The van der Waals surface area contributed by atoms with Gasteiger partial charge in [-0.05, 0) is 24.5 Å². The summed E-state index contributed by atoms with van der Waals surface area (Å²) in [7, 11) is 0. The summed E-state index contributed by atoms with van der Waals surface area (Å²) in [5.41, 5.74) is 4.88. The number of non-ortho nitro benzene ring substituents is 1. The Bertz CT molecular complexity index is 1470. The molecule has 1 fully saturated rings. The maximum atomic E-state index is 13.5. The standard InChI is InChI=1S/C32H33N5O3/c1-3-28(25-10-6-4-7-11-25)32(38)36-20-18-35(19-21-36)31-29(22-24-14-16-27(17-15-24)37(39)40)23(2)33-30(34-31)26-12-8-5-9-13-26/h4-17,28H,3,18-22H2,1-2H3. The lowest BCUT2D eigenvalue weighted by molar-refractivity contribution is -0.384. The molecule has 8 heteroatoms. The molecule has 5 rings (SSSR count). The van der Waals surface area contributed by atoms with Gasteiger partial charge in [0.1, 0.15) is 5.82 Å². The van der Waals surface area contributed by atoms with E-state index in [0.717, 1.165) is 40.2 Å². The third-order valence-electron chi connectivity index (χ3n) is 7.55. The first kappa shape index (κ1) is 27.0. The van der Waals surface area contributed by atoms with E-state index in [-0.39, 0.29) is 22.4 Å². The first-order chi connectivity index (χ1) is 19.4. The largest absolute Gasteiger partial charge is 0.353 e. The summed E-state index contributed by atoms with van der Waals surface area (Å²) in [5, 5.41) is 11.1. The molecule has 1 aromatic heterocycles. The second-order valence-corrected chi connectivity index (χ2v) is 10.1. The van der Waals surface area contributed by atoms with Gasteiger partial charge in [-0.25, -0.2) is 9.97 Å². The number of piperazine rings is 1. The number of hydrogen-bond donors (Lipinski definition) is 0. The number of carbonyl (C=O) groups excluding carboxylic acids is 1. The molecule has 0 spiro atoms. The van der Waals surface area contributed by atoms with Gasteiger partial charge in [0.2, 0.25) is 5.91 Å². The number of nitro benzene ring substituents is 1. The second-order valence-electron chi connectivity index (χ2n) is 10.1. The highest BCUT2D eigenvalue weighted by Gasteiger charge is 2.29. The molecule has 1 amide bonds. The fourth-order valence-electron chi connectivity index (χ4n) is 5.30. The van der Waals surface area contributed by atoms with E-state index in [1.165, 1.54) is 12.1 Å². The number of aryl methyl sites for hydroxylation is 1. The molecular weight excluding hydrogens is 502 g/mol. The number of amides is 1. The van der Waals surface area contributed by atoms with Crippen molar-refractivity contribution in [2.24, 2.45) is 0 Å². The lowest BCUT2D eigenvalue weighted by atomic mass is 9.94. The summed E-state index contributed by atoms with van der Waals surface area (Å²) in [5.74, 6) is 1.54. The van der Waals surface area contributed by atoms with Crippen molar-refractivity contribution in [3.63, 3.8) is 0 Å². The van der Waals surface area contributed by atoms with E-state index in [4.69, 9.17) is 9.97 Å². The number of benzene rings is 3. The quantitative estimate of drug-likeness (QED) is 0.209. The van der Waals surface area contributed by atoms with Gasteiger partial charge >= 0.3 is 0 Å². The SMILES string of the molecule is CCC(C(=O)N1CCN(c2nc(-c3ccccc3)nc(C)c2Cc2ccc([N+](=O)[O-])cc2)CC1)c1ccccc1. The molecular formula is C32H33N5O3. The smallest absolute Gasteiger partial charge is 0.269 e. The zero-order valence-electron chi connectivity index (χ0n) is 22.9. The zero-order valence-corrected chi connectivity index (χ0v) is 22.9. The topological polar surface area (TPSA) is 92.5 Å². The summed E-state index contributed by atoms with van der Waals surface area (Å²) < 4.78 is 0. The van der Waals surface area contributed by atoms with Gasteiger partial charge in [0, 0.05) is 61.6 Å². The third kappa shape index (κ3) is 5.86. The first-order valence-corrected chi connectivity index (χ1v) is 13.7. The van der Waals surface area contributed by atoms with E-state index in [1.807, 2.05) is 72.5 Å². The highest BCUT2D eigenvalue weighted by Crippen LogP contribution is 2.30. The van der Waals surface area contributed by atoms with Gasteiger partial charge in [-0.1, -0.05) is 79.7 Å². The molecule has 4 aromatic rings. The number of rotatable bonds is 8. The van der Waals surface area contributed by atoms with Crippen molar-refractivity contribution < 1.29 is 9.72 Å². The van der Waals surface area contributed by atoms with Crippen molar-refractivity contribution >= 4 is 17.4 Å². The van der Waals surface area contributed by atoms with Crippen LogP contribution in [0.25, 0.3) is 11.4 Å². The van der Waals surface area contributed by atoms with Gasteiger partial charge in [0.05, 0.1) is 10.8 Å². The van der Waals surface area contributed by atoms with Crippen molar-refractivity contribution in [1.29, 1.82) is 0 Å². The van der Waals surface area contributed by atoms with E-state index in [0.29, 0.717) is 38.4 Å². The summed E-state index contributed by atoms with van der Waals surface area (Å²) in [6.07, 6.45) is 1.31. The third-order valence-corrected chi connectivity index (χ3v) is 7.55. The minimum atomic E-state index is -0.389. The molecule has 0 saturated carbocycles. The van der Waals surface area contributed by atoms with Crippen LogP contribution in [0.5, 0.6) is 0 Å². The van der Waals surface area contributed by atoms with E-state index in [1.54, 1.807) is 12.1 Å². The molecule has 1 aliphatic heterocycles. The van der Waals surface area contributed by atoms with E-state index < -0.39 is 0 Å². The fourth-order valence-corrected chi connectivity index (χ4v) is 5.30. The predicted molar refractivity (Wildman–Crippen MR) is 156 cm³/mol. The average molecular weight is 536 g/mol. The second kappa shape index (κ2) is 12.1. The Labute approximate surface area is 234 Å². The molecule has 1 aliphatic rings. The normalized spacial score (nSPS) is 14.2. The summed E-state index contributed by atoms with van der Waals surface area (Å²) in [6, 6.07) is 26.6. The van der Waals surface area contributed by atoms with Gasteiger partial charge in [-0.2, -0.15) is 0 Å². The van der Waals surface area contributed by atoms with E-state index >= 15 is 0 Å². The van der Waals surface area contributed by atoms with Crippen LogP contribution in [-0.2, 0) is 11.2 Å². The Morgan fingerprint density at radius 2 is 1.52 bits per heavy atom. The molecule has 0 radical (unpaired) electrons. The number of nitro groups is 1. The van der Waals surface area contributed by atoms with Crippen LogP contribution in [0.4, 0.5) is 11.5 Å². The van der Waals surface area contributed by atoms with Gasteiger partial charge in [-0.3, -0.25) is 14.9 Å². The molecule has 0 bridgehead atoms. The lowest BCUT2D eigenvalue weighted by Gasteiger charge is -2.38. The molecule has 40 heavy (non-hydrogen) atoms. The Balaban J connectivity index is 1.41. The van der Waals surface area contributed by atoms with Gasteiger partial charge in [-0.15, -0.1) is 0 Å². The summed E-state index contributed by atoms with van der Waals surface area (Å²) in [6.45, 7) is 6.60. The van der Waals surface area contributed by atoms with E-state index in [2.05, 4.69) is 11.8 Å². The number of nitrogens with zero attached hydrogens (tertiary/aromatic N) is 5. The van der Waals surface area contributed by atoms with Crippen LogP contribution in [0.3, 0.4) is 0 Å². The van der Waals surface area contributed by atoms with Crippen molar-refractivity contribution in [3.05, 3.63) is 117 Å². The van der Waals surface area contributed by atoms with Crippen LogP contribution < -0.4 is 4.90 Å². The van der Waals surface area contributed by atoms with Crippen LogP contribution in [-0.4, -0.2) is 51.9 Å². The molecule has 3 aromatic carbocycles. The number of aromatic nitrogens is 2. The number of carbonyl (C=O) groups is 1. The van der Waals surface area contributed by atoms with Crippen molar-refractivity contribution in [3.8, 4) is 11.4 Å². The van der Waals surface area contributed by atoms with Crippen LogP contribution in [0.2, 0.25) is 0 Å². The molecule has 1 atom stereocenters. The highest BCUT2D eigenvalue weighted by atomic mass is 16.6. The highest BCUT2D eigenvalue weighted by molar-refractivity contribution is 5.84. The Morgan fingerprint density at radius 1 is 0.900 bits per heavy atom.